The van der Waals surface area contributed by atoms with Crippen molar-refractivity contribution < 1.29 is 22.3 Å². The third kappa shape index (κ3) is 2.88. The van der Waals surface area contributed by atoms with Crippen molar-refractivity contribution in [3.63, 3.8) is 0 Å². The average molecular weight is 308 g/mol. The smallest absolute Gasteiger partial charge is 0.436 e. The third-order valence-corrected chi connectivity index (χ3v) is 3.11. The normalized spacial score (nSPS) is 11.8. The standard InChI is InChI=1S/C15H11F3N2O2/c1-2-9-8-19-6-5-11(9)14-20-12-7-10(22-15(16,17)18)3-4-13(12)21-14/h3-8H,2H2,1H3. The zero-order valence-corrected chi connectivity index (χ0v) is 11.5. The predicted molar refractivity (Wildman–Crippen MR) is 73.3 cm³/mol. The summed E-state index contributed by atoms with van der Waals surface area (Å²) >= 11 is 0. The first kappa shape index (κ1) is 14.4. The molecule has 0 aliphatic rings. The minimum atomic E-state index is -4.74. The van der Waals surface area contributed by atoms with E-state index in [2.05, 4.69) is 14.7 Å². The van der Waals surface area contributed by atoms with Crippen LogP contribution in [0.4, 0.5) is 13.2 Å². The molecule has 4 nitrogen and oxygen atoms in total. The summed E-state index contributed by atoms with van der Waals surface area (Å²) in [7, 11) is 0. The van der Waals surface area contributed by atoms with Crippen LogP contribution in [0.3, 0.4) is 0 Å². The maximum absolute atomic E-state index is 12.2. The molecule has 2 heterocycles. The molecule has 0 saturated carbocycles. The molecule has 0 radical (unpaired) electrons. The van der Waals surface area contributed by atoms with Crippen molar-refractivity contribution in [2.45, 2.75) is 19.7 Å². The molecule has 114 valence electrons. The molecule has 0 N–H and O–H groups in total. The summed E-state index contributed by atoms with van der Waals surface area (Å²) in [5, 5.41) is 0. The van der Waals surface area contributed by atoms with Crippen molar-refractivity contribution in [2.75, 3.05) is 0 Å². The molecule has 7 heteroatoms. The highest BCUT2D eigenvalue weighted by atomic mass is 19.4. The monoisotopic (exact) mass is 308 g/mol. The van der Waals surface area contributed by atoms with Crippen LogP contribution in [0.5, 0.6) is 5.75 Å². The molecule has 1 aromatic carbocycles. The number of rotatable bonds is 3. The molecule has 0 spiro atoms. The lowest BCUT2D eigenvalue weighted by atomic mass is 10.1. The van der Waals surface area contributed by atoms with Gasteiger partial charge in [-0.1, -0.05) is 6.92 Å². The number of nitrogens with zero attached hydrogens (tertiary/aromatic N) is 2. The first-order valence-corrected chi connectivity index (χ1v) is 6.56. The second-order valence-electron chi connectivity index (χ2n) is 4.58. The summed E-state index contributed by atoms with van der Waals surface area (Å²) in [6.07, 6.45) is -0.672. The molecular weight excluding hydrogens is 297 g/mol. The van der Waals surface area contributed by atoms with Crippen molar-refractivity contribution in [1.82, 2.24) is 9.97 Å². The lowest BCUT2D eigenvalue weighted by molar-refractivity contribution is -0.274. The van der Waals surface area contributed by atoms with E-state index in [0.29, 0.717) is 17.0 Å². The van der Waals surface area contributed by atoms with E-state index in [1.807, 2.05) is 6.92 Å². The molecule has 3 aromatic rings. The molecule has 2 aromatic heterocycles. The van der Waals surface area contributed by atoms with E-state index in [4.69, 9.17) is 4.42 Å². The predicted octanol–water partition coefficient (Wildman–Crippen LogP) is 4.35. The summed E-state index contributed by atoms with van der Waals surface area (Å²) in [6.45, 7) is 1.97. The Kier molecular flexibility index (Phi) is 3.48. The molecular formula is C15H11F3N2O2. The Labute approximate surface area is 123 Å². The number of pyridine rings is 1. The number of fused-ring (bicyclic) bond motifs is 1. The molecule has 0 amide bonds. The number of hydrogen-bond acceptors (Lipinski definition) is 4. The fourth-order valence-electron chi connectivity index (χ4n) is 2.14. The quantitative estimate of drug-likeness (QED) is 0.721. The molecule has 0 saturated heterocycles. The van der Waals surface area contributed by atoms with Crippen LogP contribution in [-0.4, -0.2) is 16.3 Å². The van der Waals surface area contributed by atoms with E-state index in [1.165, 1.54) is 18.2 Å². The van der Waals surface area contributed by atoms with E-state index < -0.39 is 6.36 Å². The Balaban J connectivity index is 2.03. The molecule has 0 aliphatic heterocycles. The van der Waals surface area contributed by atoms with Gasteiger partial charge in [0, 0.05) is 24.0 Å². The van der Waals surface area contributed by atoms with Gasteiger partial charge in [-0.05, 0) is 30.2 Å². The van der Waals surface area contributed by atoms with Gasteiger partial charge in [0.05, 0.1) is 0 Å². The highest BCUT2D eigenvalue weighted by Gasteiger charge is 2.31. The fraction of sp³-hybridized carbons (Fsp3) is 0.200. The molecule has 0 bridgehead atoms. The van der Waals surface area contributed by atoms with Gasteiger partial charge in [0.15, 0.2) is 5.58 Å². The number of aryl methyl sites for hydroxylation is 1. The van der Waals surface area contributed by atoms with E-state index in [-0.39, 0.29) is 5.75 Å². The SMILES string of the molecule is CCc1cnccc1-c1nc2cc(OC(F)(F)F)ccc2o1. The van der Waals surface area contributed by atoms with Gasteiger partial charge in [-0.25, -0.2) is 4.98 Å². The summed E-state index contributed by atoms with van der Waals surface area (Å²) in [5.41, 5.74) is 2.41. The first-order chi connectivity index (χ1) is 10.5. The number of alkyl halides is 3. The minimum absolute atomic E-state index is 0.301. The highest BCUT2D eigenvalue weighted by molar-refractivity contribution is 5.78. The van der Waals surface area contributed by atoms with Gasteiger partial charge in [-0.3, -0.25) is 4.98 Å². The largest absolute Gasteiger partial charge is 0.573 e. The van der Waals surface area contributed by atoms with Gasteiger partial charge in [0.1, 0.15) is 11.3 Å². The van der Waals surface area contributed by atoms with Gasteiger partial charge in [-0.15, -0.1) is 13.2 Å². The van der Waals surface area contributed by atoms with Gasteiger partial charge >= 0.3 is 6.36 Å². The maximum Gasteiger partial charge on any atom is 0.573 e. The number of hydrogen-bond donors (Lipinski definition) is 0. The van der Waals surface area contributed by atoms with Crippen LogP contribution in [0.15, 0.2) is 41.1 Å². The second-order valence-corrected chi connectivity index (χ2v) is 4.58. The van der Waals surface area contributed by atoms with Crippen molar-refractivity contribution in [2.24, 2.45) is 0 Å². The number of aromatic nitrogens is 2. The van der Waals surface area contributed by atoms with Gasteiger partial charge in [0.2, 0.25) is 5.89 Å². The van der Waals surface area contributed by atoms with Crippen LogP contribution >= 0.6 is 0 Å². The van der Waals surface area contributed by atoms with Gasteiger partial charge in [-0.2, -0.15) is 0 Å². The summed E-state index contributed by atoms with van der Waals surface area (Å²) < 4.78 is 46.2. The zero-order valence-electron chi connectivity index (χ0n) is 11.5. The van der Waals surface area contributed by atoms with E-state index >= 15 is 0 Å². The lowest BCUT2D eigenvalue weighted by Crippen LogP contribution is -2.16. The van der Waals surface area contributed by atoms with Gasteiger partial charge in [0.25, 0.3) is 0 Å². The third-order valence-electron chi connectivity index (χ3n) is 3.11. The molecule has 3 rings (SSSR count). The molecule has 0 atom stereocenters. The van der Waals surface area contributed by atoms with E-state index in [0.717, 1.165) is 17.5 Å². The maximum atomic E-state index is 12.2. The van der Waals surface area contributed by atoms with Crippen molar-refractivity contribution >= 4 is 11.1 Å². The van der Waals surface area contributed by atoms with Crippen molar-refractivity contribution in [1.29, 1.82) is 0 Å². The summed E-state index contributed by atoms with van der Waals surface area (Å²) in [5.74, 6) is 0.0173. The van der Waals surface area contributed by atoms with Crippen molar-refractivity contribution in [3.05, 3.63) is 42.2 Å². The minimum Gasteiger partial charge on any atom is -0.436 e. The van der Waals surface area contributed by atoms with E-state index in [9.17, 15) is 13.2 Å². The number of halogens is 3. The Morgan fingerprint density at radius 1 is 1.23 bits per heavy atom. The second kappa shape index (κ2) is 5.32. The number of ether oxygens (including phenoxy) is 1. The topological polar surface area (TPSA) is 48.2 Å². The number of benzene rings is 1. The van der Waals surface area contributed by atoms with Gasteiger partial charge < -0.3 is 9.15 Å². The van der Waals surface area contributed by atoms with Crippen LogP contribution in [-0.2, 0) is 6.42 Å². The highest BCUT2D eigenvalue weighted by Crippen LogP contribution is 2.30. The van der Waals surface area contributed by atoms with Crippen LogP contribution in [0, 0.1) is 0 Å². The lowest BCUT2D eigenvalue weighted by Gasteiger charge is -2.07. The molecule has 0 unspecified atom stereocenters. The fourth-order valence-corrected chi connectivity index (χ4v) is 2.14. The van der Waals surface area contributed by atoms with Crippen LogP contribution in [0.1, 0.15) is 12.5 Å². The Morgan fingerprint density at radius 3 is 2.77 bits per heavy atom. The van der Waals surface area contributed by atoms with E-state index in [1.54, 1.807) is 18.5 Å². The first-order valence-electron chi connectivity index (χ1n) is 6.56. The Hall–Kier alpha value is -2.57. The van der Waals surface area contributed by atoms with Crippen LogP contribution in [0.25, 0.3) is 22.6 Å². The summed E-state index contributed by atoms with van der Waals surface area (Å²) in [6, 6.07) is 5.55. The van der Waals surface area contributed by atoms with Crippen molar-refractivity contribution in [3.8, 4) is 17.2 Å². The Morgan fingerprint density at radius 2 is 2.05 bits per heavy atom. The molecule has 0 aliphatic carbocycles. The molecule has 22 heavy (non-hydrogen) atoms. The average Bonchev–Trinajstić information content (AvgIpc) is 2.88. The summed E-state index contributed by atoms with van der Waals surface area (Å²) in [4.78, 5) is 8.28. The van der Waals surface area contributed by atoms with Crippen LogP contribution in [0.2, 0.25) is 0 Å². The van der Waals surface area contributed by atoms with Crippen LogP contribution < -0.4 is 4.74 Å². The Bertz CT molecular complexity index is 812. The zero-order chi connectivity index (χ0) is 15.7. The number of oxazole rings is 1. The molecule has 0 fully saturated rings.